The van der Waals surface area contributed by atoms with Gasteiger partial charge >= 0.3 is 12.1 Å². The van der Waals surface area contributed by atoms with E-state index in [-0.39, 0.29) is 18.6 Å². The van der Waals surface area contributed by atoms with Gasteiger partial charge in [0.1, 0.15) is 12.7 Å². The number of carbonyl (C=O) groups excluding carboxylic acids is 3. The van der Waals surface area contributed by atoms with Crippen LogP contribution in [0.3, 0.4) is 0 Å². The highest BCUT2D eigenvalue weighted by atomic mass is 32.1. The van der Waals surface area contributed by atoms with Gasteiger partial charge in [0.25, 0.3) is 0 Å². The highest BCUT2D eigenvalue weighted by Gasteiger charge is 2.26. The molecule has 0 aliphatic carbocycles. The third-order valence-corrected chi connectivity index (χ3v) is 6.19. The summed E-state index contributed by atoms with van der Waals surface area (Å²) in [7, 11) is 0. The molecular weight excluding hydrogens is 478 g/mol. The molecule has 1 aromatic heterocycles. The predicted octanol–water partition coefficient (Wildman–Crippen LogP) is 4.57. The van der Waals surface area contributed by atoms with E-state index in [0.29, 0.717) is 19.3 Å². The second-order valence-electron chi connectivity index (χ2n) is 8.44. The Morgan fingerprint density at radius 1 is 0.944 bits per heavy atom. The third-order valence-electron chi connectivity index (χ3n) is 5.43. The molecule has 1 heterocycles. The minimum absolute atomic E-state index is 0.118. The first-order valence-electron chi connectivity index (χ1n) is 11.7. The Balaban J connectivity index is 1.74. The lowest BCUT2D eigenvalue weighted by molar-refractivity contribution is -0.147. The number of benzene rings is 2. The second kappa shape index (κ2) is 14.0. The Morgan fingerprint density at radius 2 is 1.64 bits per heavy atom. The second-order valence-corrected chi connectivity index (χ2v) is 9.41. The first-order valence-corrected chi connectivity index (χ1v) is 12.6. The van der Waals surface area contributed by atoms with Gasteiger partial charge in [0, 0.05) is 38.9 Å². The van der Waals surface area contributed by atoms with Gasteiger partial charge in [-0.3, -0.25) is 14.6 Å². The molecule has 8 nitrogen and oxygen atoms in total. The van der Waals surface area contributed by atoms with Crippen LogP contribution in [0.4, 0.5) is 4.79 Å². The minimum Gasteiger partial charge on any atom is -0.462 e. The van der Waals surface area contributed by atoms with Crippen molar-refractivity contribution in [3.8, 4) is 0 Å². The number of alkyl carbamates (subject to hydrolysis) is 1. The molecule has 9 heteroatoms. The Bertz CT molecular complexity index is 1090. The Labute approximate surface area is 215 Å². The van der Waals surface area contributed by atoms with Gasteiger partial charge in [0.05, 0.1) is 16.4 Å². The molecule has 2 N–H and O–H groups in total. The average Bonchev–Trinajstić information content (AvgIpc) is 3.36. The summed E-state index contributed by atoms with van der Waals surface area (Å²) < 4.78 is 11.0. The van der Waals surface area contributed by atoms with Crippen LogP contribution in [0.5, 0.6) is 0 Å². The molecule has 2 amide bonds. The normalized spacial score (nSPS) is 13.2. The maximum absolute atomic E-state index is 12.6. The number of rotatable bonds is 12. The van der Waals surface area contributed by atoms with Crippen molar-refractivity contribution in [2.45, 2.75) is 57.9 Å². The van der Waals surface area contributed by atoms with Crippen molar-refractivity contribution >= 4 is 29.3 Å². The maximum atomic E-state index is 12.6. The highest BCUT2D eigenvalue weighted by Crippen LogP contribution is 2.24. The lowest BCUT2D eigenvalue weighted by Gasteiger charge is -2.28. The van der Waals surface area contributed by atoms with Crippen molar-refractivity contribution in [1.29, 1.82) is 0 Å². The fourth-order valence-corrected chi connectivity index (χ4v) is 4.49. The van der Waals surface area contributed by atoms with E-state index in [1.807, 2.05) is 60.7 Å². The molecule has 3 aromatic rings. The van der Waals surface area contributed by atoms with Crippen LogP contribution in [0.25, 0.3) is 0 Å². The topological polar surface area (TPSA) is 107 Å². The van der Waals surface area contributed by atoms with Crippen LogP contribution < -0.4 is 10.6 Å². The molecule has 0 bridgehead atoms. The van der Waals surface area contributed by atoms with Gasteiger partial charge in [-0.25, -0.2) is 4.79 Å². The van der Waals surface area contributed by atoms with Crippen LogP contribution in [0, 0.1) is 0 Å². The monoisotopic (exact) mass is 509 g/mol. The number of ether oxygens (including phenoxy) is 2. The number of aromatic nitrogens is 1. The first-order chi connectivity index (χ1) is 17.4. The number of nitrogens with one attached hydrogen (secondary N) is 2. The summed E-state index contributed by atoms with van der Waals surface area (Å²) in [5.41, 5.74) is 3.58. The molecular formula is C27H31N3O5S. The van der Waals surface area contributed by atoms with Crippen LogP contribution >= 0.6 is 11.3 Å². The zero-order chi connectivity index (χ0) is 25.8. The first kappa shape index (κ1) is 26.9. The van der Waals surface area contributed by atoms with E-state index in [1.165, 1.54) is 25.2 Å². The van der Waals surface area contributed by atoms with Crippen molar-refractivity contribution in [2.24, 2.45) is 0 Å². The maximum Gasteiger partial charge on any atom is 0.407 e. The molecule has 0 spiro atoms. The number of thiazole rings is 1. The van der Waals surface area contributed by atoms with Crippen LogP contribution in [0.2, 0.25) is 0 Å². The van der Waals surface area contributed by atoms with Crippen molar-refractivity contribution < 1.29 is 23.9 Å². The summed E-state index contributed by atoms with van der Waals surface area (Å²) in [6, 6.07) is 18.5. The molecule has 3 rings (SSSR count). The molecule has 36 heavy (non-hydrogen) atoms. The molecule has 3 atom stereocenters. The number of amides is 2. The summed E-state index contributed by atoms with van der Waals surface area (Å²) in [5, 5.41) is 5.88. The lowest BCUT2D eigenvalue weighted by atomic mass is 9.94. The van der Waals surface area contributed by atoms with Crippen LogP contribution in [0.15, 0.2) is 72.4 Å². The molecule has 0 fully saturated rings. The number of carbonyl (C=O) groups is 3. The average molecular weight is 510 g/mol. The summed E-state index contributed by atoms with van der Waals surface area (Å²) in [6.07, 6.45) is 1.78. The Morgan fingerprint density at radius 3 is 2.25 bits per heavy atom. The molecule has 2 aromatic carbocycles. The zero-order valence-corrected chi connectivity index (χ0v) is 21.2. The van der Waals surface area contributed by atoms with E-state index < -0.39 is 24.2 Å². The van der Waals surface area contributed by atoms with Gasteiger partial charge in [-0.15, -0.1) is 11.3 Å². The van der Waals surface area contributed by atoms with Crippen molar-refractivity contribution in [3.05, 3.63) is 88.4 Å². The summed E-state index contributed by atoms with van der Waals surface area (Å²) in [6.45, 7) is 2.94. The summed E-state index contributed by atoms with van der Waals surface area (Å²) >= 11 is 1.40. The number of esters is 1. The molecule has 0 radical (unpaired) electrons. The number of hydrogen-bond acceptors (Lipinski definition) is 7. The number of nitrogens with zero attached hydrogens (tertiary/aromatic N) is 1. The minimum atomic E-state index is -0.582. The van der Waals surface area contributed by atoms with E-state index in [2.05, 4.69) is 15.6 Å². The van der Waals surface area contributed by atoms with Crippen molar-refractivity contribution in [3.63, 3.8) is 0 Å². The van der Waals surface area contributed by atoms with E-state index in [4.69, 9.17) is 9.47 Å². The van der Waals surface area contributed by atoms with E-state index in [0.717, 1.165) is 16.0 Å². The van der Waals surface area contributed by atoms with Gasteiger partial charge in [-0.1, -0.05) is 60.7 Å². The zero-order valence-electron chi connectivity index (χ0n) is 20.4. The van der Waals surface area contributed by atoms with Gasteiger partial charge in [-0.05, 0) is 17.5 Å². The predicted molar refractivity (Wildman–Crippen MR) is 137 cm³/mol. The van der Waals surface area contributed by atoms with Gasteiger partial charge in [0.2, 0.25) is 5.91 Å². The van der Waals surface area contributed by atoms with E-state index >= 15 is 0 Å². The lowest BCUT2D eigenvalue weighted by Crippen LogP contribution is -2.40. The van der Waals surface area contributed by atoms with Gasteiger partial charge in [0.15, 0.2) is 0 Å². The SMILES string of the molecule is CC(=O)N[C@H](Cc1ccccc1)C[C@@H](CC(NC(=O)OCc1cncs1)c1ccccc1)OC(C)=O. The fourth-order valence-electron chi connectivity index (χ4n) is 3.98. The smallest absolute Gasteiger partial charge is 0.407 e. The van der Waals surface area contributed by atoms with Gasteiger partial charge < -0.3 is 20.1 Å². The Hall–Kier alpha value is -3.72. The van der Waals surface area contributed by atoms with Crippen LogP contribution in [0.1, 0.15) is 48.7 Å². The molecule has 0 saturated heterocycles. The summed E-state index contributed by atoms with van der Waals surface area (Å²) in [5.74, 6) is -0.595. The third kappa shape index (κ3) is 9.50. The standard InChI is InChI=1S/C27H31N3O5S/c1-19(31)29-23(13-21-9-5-3-6-10-21)14-24(35-20(2)32)15-26(22-11-7-4-8-12-22)30-27(33)34-17-25-16-28-18-36-25/h3-12,16,18,23-24,26H,13-15,17H2,1-2H3,(H,29,31)(H,30,33)/t23-,24+,26?/m1/s1. The molecule has 190 valence electrons. The Kier molecular flexibility index (Phi) is 10.4. The molecule has 1 unspecified atom stereocenters. The van der Waals surface area contributed by atoms with E-state index in [9.17, 15) is 14.4 Å². The fraction of sp³-hybridized carbons (Fsp3) is 0.333. The molecule has 0 saturated carbocycles. The summed E-state index contributed by atoms with van der Waals surface area (Å²) in [4.78, 5) is 41.3. The van der Waals surface area contributed by atoms with Crippen molar-refractivity contribution in [1.82, 2.24) is 15.6 Å². The highest BCUT2D eigenvalue weighted by molar-refractivity contribution is 7.09. The van der Waals surface area contributed by atoms with Gasteiger partial charge in [-0.2, -0.15) is 0 Å². The molecule has 0 aliphatic rings. The quantitative estimate of drug-likeness (QED) is 0.347. The number of hydrogen-bond donors (Lipinski definition) is 2. The molecule has 0 aliphatic heterocycles. The van der Waals surface area contributed by atoms with Crippen LogP contribution in [-0.4, -0.2) is 35.1 Å². The largest absolute Gasteiger partial charge is 0.462 e. The van der Waals surface area contributed by atoms with E-state index in [1.54, 1.807) is 11.7 Å². The van der Waals surface area contributed by atoms with Crippen LogP contribution in [-0.2, 0) is 32.1 Å². The van der Waals surface area contributed by atoms with Crippen molar-refractivity contribution in [2.75, 3.05) is 0 Å².